The molecule has 0 saturated carbocycles. The van der Waals surface area contributed by atoms with Crippen molar-refractivity contribution in [3.63, 3.8) is 0 Å². The lowest BCUT2D eigenvalue weighted by atomic mass is 10.1. The molecule has 1 aromatic heterocycles. The van der Waals surface area contributed by atoms with Crippen LogP contribution in [0.15, 0.2) is 83.1 Å². The van der Waals surface area contributed by atoms with Gasteiger partial charge >= 0.3 is 6.18 Å². The highest BCUT2D eigenvalue weighted by molar-refractivity contribution is 7.92. The molecule has 0 saturated heterocycles. The van der Waals surface area contributed by atoms with E-state index in [4.69, 9.17) is 0 Å². The van der Waals surface area contributed by atoms with Crippen molar-refractivity contribution >= 4 is 37.9 Å². The van der Waals surface area contributed by atoms with Crippen molar-refractivity contribution in [2.75, 3.05) is 10.0 Å². The second-order valence-electron chi connectivity index (χ2n) is 7.24. The molecular weight excluding hydrogens is 471 g/mol. The molecule has 5 nitrogen and oxygen atoms in total. The highest BCUT2D eigenvalue weighted by atomic mass is 32.2. The molecule has 0 unspecified atom stereocenters. The summed E-state index contributed by atoms with van der Waals surface area (Å²) in [6.45, 7) is 1.88. The van der Waals surface area contributed by atoms with Gasteiger partial charge in [0.15, 0.2) is 5.13 Å². The van der Waals surface area contributed by atoms with E-state index in [0.717, 1.165) is 23.3 Å². The summed E-state index contributed by atoms with van der Waals surface area (Å²) >= 11 is 1.25. The van der Waals surface area contributed by atoms with E-state index in [-0.39, 0.29) is 10.6 Å². The van der Waals surface area contributed by atoms with Crippen LogP contribution in [0.5, 0.6) is 0 Å². The maximum Gasteiger partial charge on any atom is 0.416 e. The van der Waals surface area contributed by atoms with Crippen LogP contribution in [0, 0.1) is 6.92 Å². The first-order chi connectivity index (χ1) is 15.6. The molecule has 2 N–H and O–H groups in total. The number of alkyl halides is 3. The monoisotopic (exact) mass is 489 g/mol. The smallest absolute Gasteiger partial charge is 0.332 e. The second-order valence-corrected chi connectivity index (χ2v) is 9.78. The molecule has 3 aromatic carbocycles. The van der Waals surface area contributed by atoms with Gasteiger partial charge in [0.05, 0.1) is 16.2 Å². The number of nitrogens with one attached hydrogen (secondary N) is 2. The van der Waals surface area contributed by atoms with Gasteiger partial charge in [0.2, 0.25) is 0 Å². The first-order valence-electron chi connectivity index (χ1n) is 9.70. The van der Waals surface area contributed by atoms with E-state index in [0.29, 0.717) is 16.5 Å². The standard InChI is InChI=1S/C23H18F3N3O2S2/c1-15-5-11-20(12-6-15)33(30,31)29-18-9-7-16(8-10-18)21-14-32-22(28-21)27-19-4-2-3-17(13-19)23(24,25)26/h2-14,29H,1H3,(H,27,28). The zero-order valence-electron chi connectivity index (χ0n) is 17.2. The summed E-state index contributed by atoms with van der Waals surface area (Å²) in [4.78, 5) is 4.58. The molecule has 0 aliphatic heterocycles. The molecule has 0 fully saturated rings. The quantitative estimate of drug-likeness (QED) is 0.317. The van der Waals surface area contributed by atoms with Gasteiger partial charge in [0, 0.05) is 22.3 Å². The third kappa shape index (κ3) is 5.52. The Balaban J connectivity index is 1.46. The number of halogens is 3. The van der Waals surface area contributed by atoms with Gasteiger partial charge < -0.3 is 5.32 Å². The summed E-state index contributed by atoms with van der Waals surface area (Å²) in [5.74, 6) is 0. The Morgan fingerprint density at radius 3 is 2.27 bits per heavy atom. The van der Waals surface area contributed by atoms with E-state index in [1.807, 2.05) is 6.92 Å². The van der Waals surface area contributed by atoms with Gasteiger partial charge in [-0.25, -0.2) is 13.4 Å². The summed E-state index contributed by atoms with van der Waals surface area (Å²) in [7, 11) is -3.71. The lowest BCUT2D eigenvalue weighted by Gasteiger charge is -2.09. The second kappa shape index (κ2) is 8.87. The highest BCUT2D eigenvalue weighted by Crippen LogP contribution is 2.33. The van der Waals surface area contributed by atoms with E-state index in [2.05, 4.69) is 15.0 Å². The maximum absolute atomic E-state index is 12.9. The van der Waals surface area contributed by atoms with Gasteiger partial charge in [-0.3, -0.25) is 4.72 Å². The van der Waals surface area contributed by atoms with E-state index in [1.54, 1.807) is 53.9 Å². The molecule has 0 spiro atoms. The Labute approximate surface area is 193 Å². The minimum Gasteiger partial charge on any atom is -0.332 e. The lowest BCUT2D eigenvalue weighted by molar-refractivity contribution is -0.137. The van der Waals surface area contributed by atoms with Crippen LogP contribution in [-0.4, -0.2) is 13.4 Å². The summed E-state index contributed by atoms with van der Waals surface area (Å²) in [6, 6.07) is 18.1. The van der Waals surface area contributed by atoms with Crippen LogP contribution in [0.1, 0.15) is 11.1 Å². The van der Waals surface area contributed by atoms with Crippen molar-refractivity contribution in [2.24, 2.45) is 0 Å². The van der Waals surface area contributed by atoms with Crippen LogP contribution in [0.25, 0.3) is 11.3 Å². The van der Waals surface area contributed by atoms with Crippen LogP contribution < -0.4 is 10.0 Å². The van der Waals surface area contributed by atoms with Crippen LogP contribution in [-0.2, 0) is 16.2 Å². The number of anilines is 3. The number of rotatable bonds is 6. The van der Waals surface area contributed by atoms with E-state index >= 15 is 0 Å². The average molecular weight is 490 g/mol. The minimum atomic E-state index is -4.42. The number of nitrogens with zero attached hydrogens (tertiary/aromatic N) is 1. The fourth-order valence-corrected chi connectivity index (χ4v) is 4.80. The summed E-state index contributed by atoms with van der Waals surface area (Å²) in [5.41, 5.74) is 2.25. The molecule has 0 aliphatic rings. The third-order valence-corrected chi connectivity index (χ3v) is 6.86. The zero-order chi connectivity index (χ0) is 23.6. The number of aromatic nitrogens is 1. The fourth-order valence-electron chi connectivity index (χ4n) is 3.00. The van der Waals surface area contributed by atoms with E-state index < -0.39 is 21.8 Å². The Hall–Kier alpha value is -3.37. The SMILES string of the molecule is Cc1ccc(S(=O)(=O)Nc2ccc(-c3csc(Nc4cccc(C(F)(F)F)c4)n3)cc2)cc1. The van der Waals surface area contributed by atoms with Gasteiger partial charge in [-0.2, -0.15) is 13.2 Å². The Morgan fingerprint density at radius 2 is 1.61 bits per heavy atom. The van der Waals surface area contributed by atoms with Crippen LogP contribution in [0.3, 0.4) is 0 Å². The van der Waals surface area contributed by atoms with Crippen LogP contribution in [0.2, 0.25) is 0 Å². The molecule has 0 atom stereocenters. The van der Waals surface area contributed by atoms with E-state index in [9.17, 15) is 21.6 Å². The third-order valence-electron chi connectivity index (χ3n) is 4.71. The van der Waals surface area contributed by atoms with Crippen molar-refractivity contribution in [2.45, 2.75) is 18.0 Å². The number of sulfonamides is 1. The number of hydrogen-bond donors (Lipinski definition) is 2. The van der Waals surface area contributed by atoms with Crippen molar-refractivity contribution in [3.8, 4) is 11.3 Å². The van der Waals surface area contributed by atoms with Crippen molar-refractivity contribution in [1.29, 1.82) is 0 Å². The molecule has 10 heteroatoms. The van der Waals surface area contributed by atoms with Gasteiger partial charge in [-0.1, -0.05) is 35.9 Å². The van der Waals surface area contributed by atoms with Crippen LogP contribution in [0.4, 0.5) is 29.7 Å². The van der Waals surface area contributed by atoms with Crippen molar-refractivity contribution in [3.05, 3.63) is 89.3 Å². The molecule has 4 rings (SSSR count). The molecular formula is C23H18F3N3O2S2. The summed E-state index contributed by atoms with van der Waals surface area (Å²) in [6.07, 6.45) is -4.42. The molecule has 0 bridgehead atoms. The minimum absolute atomic E-state index is 0.169. The number of aryl methyl sites for hydroxylation is 1. The summed E-state index contributed by atoms with van der Waals surface area (Å²) < 4.78 is 66.3. The Bertz CT molecular complexity index is 1370. The highest BCUT2D eigenvalue weighted by Gasteiger charge is 2.30. The first kappa shape index (κ1) is 22.8. The summed E-state index contributed by atoms with van der Waals surface area (Å²) in [5, 5.41) is 5.09. The van der Waals surface area contributed by atoms with Gasteiger partial charge in [0.25, 0.3) is 10.0 Å². The topological polar surface area (TPSA) is 71.1 Å². The number of thiazole rings is 1. The van der Waals surface area contributed by atoms with Crippen molar-refractivity contribution in [1.82, 2.24) is 4.98 Å². The molecule has 0 aliphatic carbocycles. The largest absolute Gasteiger partial charge is 0.416 e. The Morgan fingerprint density at radius 1 is 0.909 bits per heavy atom. The fraction of sp³-hybridized carbons (Fsp3) is 0.0870. The van der Waals surface area contributed by atoms with Crippen LogP contribution >= 0.6 is 11.3 Å². The average Bonchev–Trinajstić information content (AvgIpc) is 3.22. The Kier molecular flexibility index (Phi) is 6.13. The zero-order valence-corrected chi connectivity index (χ0v) is 18.9. The predicted octanol–water partition coefficient (Wildman–Crippen LogP) is 6.68. The van der Waals surface area contributed by atoms with E-state index in [1.165, 1.54) is 23.5 Å². The molecule has 0 amide bonds. The van der Waals surface area contributed by atoms with Crippen molar-refractivity contribution < 1.29 is 21.6 Å². The van der Waals surface area contributed by atoms with Gasteiger partial charge in [-0.05, 0) is 49.4 Å². The molecule has 33 heavy (non-hydrogen) atoms. The first-order valence-corrected chi connectivity index (χ1v) is 12.1. The lowest BCUT2D eigenvalue weighted by Crippen LogP contribution is -2.12. The maximum atomic E-state index is 12.9. The molecule has 1 heterocycles. The normalized spacial score (nSPS) is 11.9. The number of benzene rings is 3. The molecule has 4 aromatic rings. The molecule has 170 valence electrons. The molecule has 0 radical (unpaired) electrons. The van der Waals surface area contributed by atoms with Gasteiger partial charge in [0.1, 0.15) is 0 Å². The predicted molar refractivity (Wildman–Crippen MR) is 124 cm³/mol. The van der Waals surface area contributed by atoms with Gasteiger partial charge in [-0.15, -0.1) is 11.3 Å². The number of hydrogen-bond acceptors (Lipinski definition) is 5.